The van der Waals surface area contributed by atoms with Crippen LogP contribution in [0.3, 0.4) is 0 Å². The maximum atomic E-state index is 11.7. The molecule has 0 saturated carbocycles. The largest absolute Gasteiger partial charge is 0.497 e. The monoisotopic (exact) mass is 363 g/mol. The van der Waals surface area contributed by atoms with Gasteiger partial charge in [-0.1, -0.05) is 13.0 Å². The highest BCUT2D eigenvalue weighted by Gasteiger charge is 2.21. The van der Waals surface area contributed by atoms with E-state index in [1.807, 2.05) is 19.1 Å². The summed E-state index contributed by atoms with van der Waals surface area (Å²) in [5.41, 5.74) is 8.26. The molecule has 1 atom stereocenters. The van der Waals surface area contributed by atoms with Crippen molar-refractivity contribution in [1.82, 2.24) is 0 Å². The summed E-state index contributed by atoms with van der Waals surface area (Å²) in [6.07, 6.45) is 0.782. The summed E-state index contributed by atoms with van der Waals surface area (Å²) < 4.78 is 5.26. The minimum atomic E-state index is -0.985. The summed E-state index contributed by atoms with van der Waals surface area (Å²) in [7, 11) is 1.56. The molecule has 0 radical (unpaired) electrons. The summed E-state index contributed by atoms with van der Waals surface area (Å²) in [5.74, 6) is -0.387. The van der Waals surface area contributed by atoms with Gasteiger partial charge in [-0.15, -0.1) is 12.4 Å². The van der Waals surface area contributed by atoms with Crippen LogP contribution in [-0.4, -0.2) is 24.0 Å². The number of ether oxygens (including phenoxy) is 1. The number of amidine groups is 1. The van der Waals surface area contributed by atoms with Gasteiger partial charge in [0.2, 0.25) is 0 Å². The fourth-order valence-corrected chi connectivity index (χ4v) is 2.38. The zero-order valence-corrected chi connectivity index (χ0v) is 14.9. The number of nitrogens with two attached hydrogens (primary N) is 1. The molecule has 0 aliphatic rings. The van der Waals surface area contributed by atoms with Crippen molar-refractivity contribution in [3.8, 4) is 5.75 Å². The van der Waals surface area contributed by atoms with E-state index in [9.17, 15) is 9.90 Å². The van der Waals surface area contributed by atoms with Crippen LogP contribution in [0.15, 0.2) is 42.5 Å². The minimum absolute atomic E-state index is 0. The number of benzene rings is 2. The molecule has 6 nitrogen and oxygen atoms in total. The number of aryl methyl sites for hydroxylation is 1. The third-order valence-corrected chi connectivity index (χ3v) is 3.72. The molecule has 7 heteroatoms. The molecule has 0 aliphatic heterocycles. The third-order valence-electron chi connectivity index (χ3n) is 3.72. The molecule has 2 aromatic rings. The van der Waals surface area contributed by atoms with Gasteiger partial charge >= 0.3 is 5.97 Å². The average Bonchev–Trinajstić information content (AvgIpc) is 2.59. The average molecular weight is 364 g/mol. The molecule has 0 aliphatic carbocycles. The van der Waals surface area contributed by atoms with Crippen LogP contribution in [0.1, 0.15) is 29.7 Å². The second-order valence-corrected chi connectivity index (χ2v) is 5.37. The zero-order chi connectivity index (χ0) is 17.7. The molecule has 0 saturated heterocycles. The number of methoxy groups -OCH3 is 1. The third kappa shape index (κ3) is 5.12. The van der Waals surface area contributed by atoms with Crippen LogP contribution in [0.2, 0.25) is 0 Å². The number of carbonyl (C=O) groups is 1. The highest BCUT2D eigenvalue weighted by atomic mass is 35.5. The molecule has 0 heterocycles. The second kappa shape index (κ2) is 8.94. The lowest BCUT2D eigenvalue weighted by Gasteiger charge is -2.18. The van der Waals surface area contributed by atoms with Crippen LogP contribution >= 0.6 is 12.4 Å². The van der Waals surface area contributed by atoms with Gasteiger partial charge in [0, 0.05) is 11.3 Å². The van der Waals surface area contributed by atoms with E-state index in [4.69, 9.17) is 15.9 Å². The molecule has 0 fully saturated rings. The van der Waals surface area contributed by atoms with Crippen molar-refractivity contribution in [2.75, 3.05) is 12.4 Å². The van der Waals surface area contributed by atoms with E-state index in [1.165, 1.54) is 0 Å². The lowest BCUT2D eigenvalue weighted by Crippen LogP contribution is -2.21. The van der Waals surface area contributed by atoms with Crippen LogP contribution in [-0.2, 0) is 11.2 Å². The molecule has 0 aromatic heterocycles. The molecule has 5 N–H and O–H groups in total. The number of nitrogens with one attached hydrogen (secondary N) is 2. The first-order valence-corrected chi connectivity index (χ1v) is 7.56. The minimum Gasteiger partial charge on any atom is -0.497 e. The number of hydrogen-bond acceptors (Lipinski definition) is 4. The van der Waals surface area contributed by atoms with E-state index in [2.05, 4.69) is 5.32 Å². The van der Waals surface area contributed by atoms with Crippen LogP contribution in [0.4, 0.5) is 5.69 Å². The number of carboxylic acids is 1. The van der Waals surface area contributed by atoms with Crippen molar-refractivity contribution < 1.29 is 14.6 Å². The van der Waals surface area contributed by atoms with E-state index in [-0.39, 0.29) is 18.2 Å². The fraction of sp³-hybridized carbons (Fsp3) is 0.222. The van der Waals surface area contributed by atoms with Crippen molar-refractivity contribution in [3.63, 3.8) is 0 Å². The van der Waals surface area contributed by atoms with Gasteiger partial charge in [-0.05, 0) is 53.9 Å². The molecule has 1 unspecified atom stereocenters. The van der Waals surface area contributed by atoms with Gasteiger partial charge in [-0.3, -0.25) is 5.41 Å². The Bertz CT molecular complexity index is 725. The van der Waals surface area contributed by atoms with Crippen molar-refractivity contribution >= 4 is 29.9 Å². The first kappa shape index (κ1) is 20.3. The Morgan fingerprint density at radius 3 is 2.40 bits per heavy atom. The molecule has 0 spiro atoms. The number of carboxylic acid groups (broad SMARTS) is 1. The lowest BCUT2D eigenvalue weighted by atomic mass is 10.0. The molecule has 0 amide bonds. The number of halogens is 1. The predicted molar refractivity (Wildman–Crippen MR) is 101 cm³/mol. The Balaban J connectivity index is 0.00000312. The standard InChI is InChI=1S/C18H21N3O3.ClH/c1-3-11-8-13(10-15(9-11)24-2)16(18(22)23)21-14-6-4-12(5-7-14)17(19)20;/h4-10,16,21H,3H2,1-2H3,(H3,19,20)(H,22,23);1H. The SMILES string of the molecule is CCc1cc(OC)cc(C(Nc2ccc(C(=N)N)cc2)C(=O)O)c1.Cl. The molecular formula is C18H22ClN3O3. The maximum Gasteiger partial charge on any atom is 0.330 e. The Morgan fingerprint density at radius 1 is 1.28 bits per heavy atom. The van der Waals surface area contributed by atoms with Crippen LogP contribution in [0.25, 0.3) is 0 Å². The Hall–Kier alpha value is -2.73. The molecule has 2 rings (SSSR count). The van der Waals surface area contributed by atoms with Crippen molar-refractivity contribution in [3.05, 3.63) is 59.2 Å². The van der Waals surface area contributed by atoms with E-state index in [0.717, 1.165) is 12.0 Å². The van der Waals surface area contributed by atoms with Gasteiger partial charge in [0.25, 0.3) is 0 Å². The van der Waals surface area contributed by atoms with Crippen molar-refractivity contribution in [2.24, 2.45) is 5.73 Å². The van der Waals surface area contributed by atoms with Gasteiger partial charge in [-0.2, -0.15) is 0 Å². The molecule has 134 valence electrons. The number of aliphatic carboxylic acids is 1. The summed E-state index contributed by atoms with van der Waals surface area (Å²) in [6, 6.07) is 11.3. The quantitative estimate of drug-likeness (QED) is 0.446. The van der Waals surface area contributed by atoms with Gasteiger partial charge < -0.3 is 20.9 Å². The Kier molecular flexibility index (Phi) is 7.26. The fourth-order valence-electron chi connectivity index (χ4n) is 2.38. The van der Waals surface area contributed by atoms with Gasteiger partial charge in [0.1, 0.15) is 11.6 Å². The normalized spacial score (nSPS) is 11.1. The van der Waals surface area contributed by atoms with Crippen LogP contribution in [0.5, 0.6) is 5.75 Å². The molecule has 2 aromatic carbocycles. The maximum absolute atomic E-state index is 11.7. The van der Waals surface area contributed by atoms with Gasteiger partial charge in [-0.25, -0.2) is 4.79 Å². The second-order valence-electron chi connectivity index (χ2n) is 5.37. The Labute approximate surface area is 152 Å². The van der Waals surface area contributed by atoms with E-state index >= 15 is 0 Å². The number of rotatable bonds is 7. The molecule has 25 heavy (non-hydrogen) atoms. The van der Waals surface area contributed by atoms with Crippen LogP contribution < -0.4 is 15.8 Å². The predicted octanol–water partition coefficient (Wildman–Crippen LogP) is 3.20. The smallest absolute Gasteiger partial charge is 0.330 e. The van der Waals surface area contributed by atoms with Gasteiger partial charge in [0.15, 0.2) is 6.04 Å². The highest BCUT2D eigenvalue weighted by molar-refractivity contribution is 5.95. The zero-order valence-electron chi connectivity index (χ0n) is 14.1. The van der Waals surface area contributed by atoms with Gasteiger partial charge in [0.05, 0.1) is 7.11 Å². The first-order valence-electron chi connectivity index (χ1n) is 7.56. The number of hydrogen-bond donors (Lipinski definition) is 4. The summed E-state index contributed by atoms with van der Waals surface area (Å²) in [5, 5.41) is 20.0. The summed E-state index contributed by atoms with van der Waals surface area (Å²) in [4.78, 5) is 11.7. The molecular weight excluding hydrogens is 342 g/mol. The summed E-state index contributed by atoms with van der Waals surface area (Å²) >= 11 is 0. The Morgan fingerprint density at radius 2 is 1.92 bits per heavy atom. The molecule has 0 bridgehead atoms. The lowest BCUT2D eigenvalue weighted by molar-refractivity contribution is -0.138. The van der Waals surface area contributed by atoms with E-state index in [1.54, 1.807) is 37.4 Å². The highest BCUT2D eigenvalue weighted by Crippen LogP contribution is 2.26. The first-order chi connectivity index (χ1) is 11.4. The number of nitrogen functional groups attached to an aromatic ring is 1. The summed E-state index contributed by atoms with van der Waals surface area (Å²) in [6.45, 7) is 2.00. The van der Waals surface area contributed by atoms with E-state index < -0.39 is 12.0 Å². The van der Waals surface area contributed by atoms with Crippen LogP contribution in [0, 0.1) is 5.41 Å². The topological polar surface area (TPSA) is 108 Å². The van der Waals surface area contributed by atoms with E-state index in [0.29, 0.717) is 22.6 Å². The van der Waals surface area contributed by atoms with Crippen molar-refractivity contribution in [1.29, 1.82) is 5.41 Å². The van der Waals surface area contributed by atoms with Crippen molar-refractivity contribution in [2.45, 2.75) is 19.4 Å². The number of anilines is 1.